The fraction of sp³-hybridized carbons (Fsp3) is 0.391. The van der Waals surface area contributed by atoms with Crippen molar-refractivity contribution in [3.63, 3.8) is 0 Å². The second kappa shape index (κ2) is 10.5. The van der Waals surface area contributed by atoms with Gasteiger partial charge < -0.3 is 10.2 Å². The van der Waals surface area contributed by atoms with Crippen LogP contribution >= 0.6 is 0 Å². The summed E-state index contributed by atoms with van der Waals surface area (Å²) in [5, 5.41) is 2.77. The highest BCUT2D eigenvalue weighted by Gasteiger charge is 2.25. The van der Waals surface area contributed by atoms with Crippen molar-refractivity contribution >= 4 is 21.8 Å². The van der Waals surface area contributed by atoms with Crippen molar-refractivity contribution in [3.8, 4) is 0 Å². The van der Waals surface area contributed by atoms with Crippen LogP contribution in [0.15, 0.2) is 59.5 Å². The van der Waals surface area contributed by atoms with E-state index in [0.29, 0.717) is 25.2 Å². The molecule has 2 aromatic carbocycles. The molecule has 1 aliphatic rings. The molecule has 7 nitrogen and oxygen atoms in total. The Labute approximate surface area is 183 Å². The Hall–Kier alpha value is -2.71. The number of carbonyl (C=O) groups is 2. The smallest absolute Gasteiger partial charge is 0.251 e. The van der Waals surface area contributed by atoms with Gasteiger partial charge in [0.2, 0.25) is 15.9 Å². The van der Waals surface area contributed by atoms with Crippen LogP contribution in [0.1, 0.15) is 35.2 Å². The second-order valence-corrected chi connectivity index (χ2v) is 9.65. The van der Waals surface area contributed by atoms with E-state index in [9.17, 15) is 18.0 Å². The van der Waals surface area contributed by atoms with Crippen LogP contribution in [0.2, 0.25) is 0 Å². The van der Waals surface area contributed by atoms with Crippen LogP contribution in [0.5, 0.6) is 0 Å². The summed E-state index contributed by atoms with van der Waals surface area (Å²) in [6, 6.07) is 15.6. The molecule has 0 saturated carbocycles. The maximum Gasteiger partial charge on any atom is 0.251 e. The first-order valence-corrected chi connectivity index (χ1v) is 12.0. The Morgan fingerprint density at radius 1 is 1.06 bits per heavy atom. The Kier molecular flexibility index (Phi) is 7.81. The number of amides is 2. The fourth-order valence-corrected chi connectivity index (χ4v) is 4.74. The molecule has 1 unspecified atom stereocenters. The van der Waals surface area contributed by atoms with Crippen molar-refractivity contribution < 1.29 is 18.0 Å². The molecule has 0 bridgehead atoms. The molecule has 2 aromatic rings. The predicted molar refractivity (Wildman–Crippen MR) is 119 cm³/mol. The minimum atomic E-state index is -3.57. The van der Waals surface area contributed by atoms with Crippen molar-refractivity contribution in [2.45, 2.75) is 31.1 Å². The van der Waals surface area contributed by atoms with E-state index in [2.05, 4.69) is 10.0 Å². The summed E-state index contributed by atoms with van der Waals surface area (Å²) in [5.41, 5.74) is 1.56. The van der Waals surface area contributed by atoms with Crippen LogP contribution in [-0.2, 0) is 14.8 Å². The van der Waals surface area contributed by atoms with E-state index in [0.717, 1.165) is 18.4 Å². The van der Waals surface area contributed by atoms with Gasteiger partial charge in [0.1, 0.15) is 0 Å². The van der Waals surface area contributed by atoms with Gasteiger partial charge in [0.15, 0.2) is 0 Å². The van der Waals surface area contributed by atoms with Crippen molar-refractivity contribution in [2.24, 2.45) is 5.92 Å². The molecule has 31 heavy (non-hydrogen) atoms. The van der Waals surface area contributed by atoms with Gasteiger partial charge in [0.05, 0.1) is 4.90 Å². The van der Waals surface area contributed by atoms with Crippen LogP contribution in [0.25, 0.3) is 0 Å². The van der Waals surface area contributed by atoms with Crippen molar-refractivity contribution in [3.05, 3.63) is 65.7 Å². The number of likely N-dealkylation sites (tertiary alicyclic amines) is 1. The Balaban J connectivity index is 1.44. The standard InChI is InChI=1S/C23H29N3O4S/c1-18-9-11-21(12-10-18)31(29,30)25-16-19-6-5-15-26(17-19)22(27)13-14-24-23(28)20-7-3-2-4-8-20/h2-4,7-12,19,25H,5-6,13-17H2,1H3,(H,24,28). The third-order valence-corrected chi connectivity index (χ3v) is 6.86. The van der Waals surface area contributed by atoms with Gasteiger partial charge in [-0.15, -0.1) is 0 Å². The summed E-state index contributed by atoms with van der Waals surface area (Å²) in [6.07, 6.45) is 1.92. The summed E-state index contributed by atoms with van der Waals surface area (Å²) < 4.78 is 27.7. The number of nitrogens with zero attached hydrogens (tertiary/aromatic N) is 1. The van der Waals surface area contributed by atoms with Crippen LogP contribution < -0.4 is 10.0 Å². The van der Waals surface area contributed by atoms with Crippen LogP contribution in [0, 0.1) is 12.8 Å². The molecule has 0 aromatic heterocycles. The number of carbonyl (C=O) groups excluding carboxylic acids is 2. The zero-order valence-electron chi connectivity index (χ0n) is 17.7. The highest BCUT2D eigenvalue weighted by Crippen LogP contribution is 2.18. The van der Waals surface area contributed by atoms with Crippen LogP contribution in [-0.4, -0.2) is 51.3 Å². The van der Waals surface area contributed by atoms with Crippen LogP contribution in [0.3, 0.4) is 0 Å². The van der Waals surface area contributed by atoms with Gasteiger partial charge in [0.25, 0.3) is 5.91 Å². The highest BCUT2D eigenvalue weighted by molar-refractivity contribution is 7.89. The molecule has 3 rings (SSSR count). The van der Waals surface area contributed by atoms with Crippen molar-refractivity contribution in [1.29, 1.82) is 0 Å². The first kappa shape index (κ1) is 23.0. The summed E-state index contributed by atoms with van der Waals surface area (Å²) in [6.45, 7) is 3.65. The maximum absolute atomic E-state index is 12.6. The molecule has 166 valence electrons. The number of rotatable bonds is 8. The Bertz CT molecular complexity index is 991. The van der Waals surface area contributed by atoms with Gasteiger partial charge in [-0.25, -0.2) is 13.1 Å². The van der Waals surface area contributed by atoms with Crippen molar-refractivity contribution in [2.75, 3.05) is 26.2 Å². The molecule has 1 saturated heterocycles. The minimum absolute atomic E-state index is 0.0283. The van der Waals surface area contributed by atoms with E-state index in [1.807, 2.05) is 13.0 Å². The molecule has 1 atom stereocenters. The normalized spacial score (nSPS) is 16.7. The van der Waals surface area contributed by atoms with E-state index < -0.39 is 10.0 Å². The van der Waals surface area contributed by atoms with Gasteiger partial charge in [-0.05, 0) is 49.9 Å². The fourth-order valence-electron chi connectivity index (χ4n) is 3.62. The van der Waals surface area contributed by atoms with Gasteiger partial charge in [-0.2, -0.15) is 0 Å². The monoisotopic (exact) mass is 443 g/mol. The summed E-state index contributed by atoms with van der Waals surface area (Å²) in [7, 11) is -3.57. The molecule has 2 amide bonds. The molecule has 1 heterocycles. The quantitative estimate of drug-likeness (QED) is 0.655. The predicted octanol–water partition coefficient (Wildman–Crippen LogP) is 2.33. The number of nitrogens with one attached hydrogen (secondary N) is 2. The lowest BCUT2D eigenvalue weighted by Gasteiger charge is -2.33. The van der Waals surface area contributed by atoms with E-state index in [4.69, 9.17) is 0 Å². The number of aryl methyl sites for hydroxylation is 1. The lowest BCUT2D eigenvalue weighted by molar-refractivity contribution is -0.132. The molecule has 1 fully saturated rings. The molecule has 0 spiro atoms. The molecular weight excluding hydrogens is 414 g/mol. The highest BCUT2D eigenvalue weighted by atomic mass is 32.2. The maximum atomic E-state index is 12.6. The third-order valence-electron chi connectivity index (χ3n) is 5.43. The number of hydrogen-bond donors (Lipinski definition) is 2. The number of hydrogen-bond acceptors (Lipinski definition) is 4. The Morgan fingerprint density at radius 2 is 1.77 bits per heavy atom. The topological polar surface area (TPSA) is 95.6 Å². The molecular formula is C23H29N3O4S. The Morgan fingerprint density at radius 3 is 2.48 bits per heavy atom. The van der Waals surface area contributed by atoms with E-state index in [1.165, 1.54) is 0 Å². The number of benzene rings is 2. The van der Waals surface area contributed by atoms with Gasteiger partial charge in [-0.3, -0.25) is 9.59 Å². The van der Waals surface area contributed by atoms with Crippen LogP contribution in [0.4, 0.5) is 0 Å². The third kappa shape index (κ3) is 6.63. The van der Waals surface area contributed by atoms with Gasteiger partial charge in [0, 0.05) is 38.2 Å². The summed E-state index contributed by atoms with van der Waals surface area (Å²) in [5.74, 6) is -0.160. The summed E-state index contributed by atoms with van der Waals surface area (Å²) >= 11 is 0. The molecule has 0 radical (unpaired) electrons. The lowest BCUT2D eigenvalue weighted by Crippen LogP contribution is -2.44. The average molecular weight is 444 g/mol. The van der Waals surface area contributed by atoms with Gasteiger partial charge in [-0.1, -0.05) is 35.9 Å². The number of piperidine rings is 1. The summed E-state index contributed by atoms with van der Waals surface area (Å²) in [4.78, 5) is 26.6. The lowest BCUT2D eigenvalue weighted by atomic mass is 9.98. The SMILES string of the molecule is Cc1ccc(S(=O)(=O)NCC2CCCN(C(=O)CCNC(=O)c3ccccc3)C2)cc1. The van der Waals surface area contributed by atoms with Gasteiger partial charge >= 0.3 is 0 Å². The van der Waals surface area contributed by atoms with Crippen molar-refractivity contribution in [1.82, 2.24) is 14.9 Å². The minimum Gasteiger partial charge on any atom is -0.352 e. The largest absolute Gasteiger partial charge is 0.352 e. The molecule has 1 aliphatic heterocycles. The van der Waals surface area contributed by atoms with E-state index in [1.54, 1.807) is 53.4 Å². The first-order chi connectivity index (χ1) is 14.8. The zero-order chi connectivity index (χ0) is 22.3. The zero-order valence-corrected chi connectivity index (χ0v) is 18.5. The second-order valence-electron chi connectivity index (χ2n) is 7.88. The van der Waals surface area contributed by atoms with E-state index in [-0.39, 0.29) is 35.6 Å². The molecule has 8 heteroatoms. The average Bonchev–Trinajstić information content (AvgIpc) is 2.78. The van der Waals surface area contributed by atoms with E-state index >= 15 is 0 Å². The first-order valence-electron chi connectivity index (χ1n) is 10.5. The molecule has 2 N–H and O–H groups in total. The molecule has 0 aliphatic carbocycles. The number of sulfonamides is 1.